The molecule has 1 amide bonds. The van der Waals surface area contributed by atoms with Crippen LogP contribution >= 0.6 is 43.6 Å². The topological polar surface area (TPSA) is 59.9 Å². The van der Waals surface area contributed by atoms with Crippen molar-refractivity contribution in [1.82, 2.24) is 5.32 Å². The molecule has 1 heterocycles. The Morgan fingerprint density at radius 3 is 2.37 bits per heavy atom. The number of thioether (sulfide) groups is 1. The van der Waals surface area contributed by atoms with Gasteiger partial charge in [-0.1, -0.05) is 50.1 Å². The van der Waals surface area contributed by atoms with Crippen LogP contribution in [0.4, 0.5) is 5.69 Å². The highest BCUT2D eigenvalue weighted by atomic mass is 79.9. The van der Waals surface area contributed by atoms with Crippen LogP contribution in [0.1, 0.15) is 29.2 Å². The van der Waals surface area contributed by atoms with Crippen LogP contribution in [0.15, 0.2) is 73.4 Å². The lowest BCUT2D eigenvalue weighted by atomic mass is 10.1. The van der Waals surface area contributed by atoms with Crippen LogP contribution in [-0.2, 0) is 11.4 Å². The second kappa shape index (κ2) is 11.5. The molecule has 4 rings (SSSR count). The molecule has 5 nitrogen and oxygen atoms in total. The van der Waals surface area contributed by atoms with Gasteiger partial charge in [0.2, 0.25) is 0 Å². The summed E-state index contributed by atoms with van der Waals surface area (Å²) in [6.07, 6.45) is 1.83. The van der Waals surface area contributed by atoms with Gasteiger partial charge in [-0.15, -0.1) is 0 Å². The first-order chi connectivity index (χ1) is 16.8. The number of carbonyl (C=O) groups is 1. The SMILES string of the molecule is CCOc1cc(/C=C2\SC(=Nc3cc(C)c(Br)c(C)c3)NC2=O)ccc1OCc1ccc(Br)cc1. The Hall–Kier alpha value is -2.55. The van der Waals surface area contributed by atoms with Gasteiger partial charge < -0.3 is 14.8 Å². The minimum absolute atomic E-state index is 0.173. The molecule has 1 N–H and O–H groups in total. The van der Waals surface area contributed by atoms with E-state index in [-0.39, 0.29) is 5.91 Å². The van der Waals surface area contributed by atoms with Crippen molar-refractivity contribution >= 4 is 66.5 Å². The molecule has 0 unspecified atom stereocenters. The molecule has 1 fully saturated rings. The van der Waals surface area contributed by atoms with E-state index in [1.807, 2.05) is 81.4 Å². The van der Waals surface area contributed by atoms with Gasteiger partial charge in [0, 0.05) is 8.95 Å². The average molecular weight is 616 g/mol. The number of carbonyl (C=O) groups excluding carboxylic acids is 1. The van der Waals surface area contributed by atoms with Gasteiger partial charge in [0.15, 0.2) is 16.7 Å². The Balaban J connectivity index is 1.51. The first-order valence-electron chi connectivity index (χ1n) is 11.0. The molecule has 0 radical (unpaired) electrons. The molecule has 0 aromatic heterocycles. The van der Waals surface area contributed by atoms with E-state index in [1.54, 1.807) is 0 Å². The predicted molar refractivity (Wildman–Crippen MR) is 151 cm³/mol. The average Bonchev–Trinajstić information content (AvgIpc) is 3.16. The van der Waals surface area contributed by atoms with E-state index in [0.29, 0.717) is 34.8 Å². The first kappa shape index (κ1) is 25.5. The third kappa shape index (κ3) is 6.57. The second-order valence-corrected chi connectivity index (χ2v) is 10.7. The van der Waals surface area contributed by atoms with Crippen LogP contribution in [0.5, 0.6) is 11.5 Å². The van der Waals surface area contributed by atoms with E-state index in [1.165, 1.54) is 11.8 Å². The molecule has 0 bridgehead atoms. The van der Waals surface area contributed by atoms with Gasteiger partial charge in [0.05, 0.1) is 17.2 Å². The van der Waals surface area contributed by atoms with Crippen molar-refractivity contribution in [3.63, 3.8) is 0 Å². The van der Waals surface area contributed by atoms with Crippen molar-refractivity contribution < 1.29 is 14.3 Å². The lowest BCUT2D eigenvalue weighted by Crippen LogP contribution is -2.19. The van der Waals surface area contributed by atoms with Gasteiger partial charge in [0.1, 0.15) is 6.61 Å². The van der Waals surface area contributed by atoms with Gasteiger partial charge in [-0.25, -0.2) is 4.99 Å². The zero-order chi connectivity index (χ0) is 24.9. The van der Waals surface area contributed by atoms with Crippen molar-refractivity contribution in [3.05, 3.63) is 90.7 Å². The third-order valence-electron chi connectivity index (χ3n) is 5.18. The fourth-order valence-corrected chi connectivity index (χ4v) is 4.82. The Bertz CT molecular complexity index is 1300. The van der Waals surface area contributed by atoms with Crippen LogP contribution in [-0.4, -0.2) is 17.7 Å². The predicted octanol–water partition coefficient (Wildman–Crippen LogP) is 7.70. The molecule has 0 atom stereocenters. The Labute approximate surface area is 226 Å². The maximum Gasteiger partial charge on any atom is 0.264 e. The minimum atomic E-state index is -0.173. The van der Waals surface area contributed by atoms with Gasteiger partial charge in [0.25, 0.3) is 5.91 Å². The van der Waals surface area contributed by atoms with Gasteiger partial charge in [-0.2, -0.15) is 0 Å². The number of amidine groups is 1. The minimum Gasteiger partial charge on any atom is -0.490 e. The number of nitrogens with one attached hydrogen (secondary N) is 1. The molecule has 0 aliphatic carbocycles. The van der Waals surface area contributed by atoms with Crippen LogP contribution < -0.4 is 14.8 Å². The molecule has 1 aliphatic rings. The molecule has 1 saturated heterocycles. The summed E-state index contributed by atoms with van der Waals surface area (Å²) in [4.78, 5) is 17.8. The van der Waals surface area contributed by atoms with Gasteiger partial charge in [-0.05, 0) is 97.3 Å². The number of rotatable bonds is 7. The maximum atomic E-state index is 12.6. The number of halogens is 2. The fraction of sp³-hybridized carbons (Fsp3) is 0.185. The smallest absolute Gasteiger partial charge is 0.264 e. The molecule has 0 spiro atoms. The summed E-state index contributed by atoms with van der Waals surface area (Å²) >= 11 is 8.34. The monoisotopic (exact) mass is 614 g/mol. The number of aliphatic imine (C=N–C) groups is 1. The summed E-state index contributed by atoms with van der Waals surface area (Å²) in [5, 5.41) is 3.41. The highest BCUT2D eigenvalue weighted by Gasteiger charge is 2.24. The standard InChI is InChI=1S/C27H24Br2N2O3S/c1-4-33-23-13-19(7-10-22(23)34-15-18-5-8-20(28)9-6-18)14-24-26(32)31-27(35-24)30-21-11-16(2)25(29)17(3)12-21/h5-14H,4,15H2,1-3H3,(H,30,31,32)/b24-14-. The number of amides is 1. The number of hydrogen-bond acceptors (Lipinski definition) is 5. The van der Waals surface area contributed by atoms with Crippen molar-refractivity contribution in [1.29, 1.82) is 0 Å². The highest BCUT2D eigenvalue weighted by Crippen LogP contribution is 2.34. The second-order valence-electron chi connectivity index (χ2n) is 7.93. The van der Waals surface area contributed by atoms with E-state index >= 15 is 0 Å². The van der Waals surface area contributed by atoms with E-state index < -0.39 is 0 Å². The van der Waals surface area contributed by atoms with Crippen molar-refractivity contribution in [3.8, 4) is 11.5 Å². The van der Waals surface area contributed by atoms with Crippen molar-refractivity contribution in [2.24, 2.45) is 4.99 Å². The number of hydrogen-bond donors (Lipinski definition) is 1. The maximum absolute atomic E-state index is 12.6. The van der Waals surface area contributed by atoms with E-state index in [4.69, 9.17) is 9.47 Å². The quantitative estimate of drug-likeness (QED) is 0.277. The Kier molecular flexibility index (Phi) is 8.36. The number of benzene rings is 3. The molecule has 3 aromatic carbocycles. The Morgan fingerprint density at radius 1 is 0.971 bits per heavy atom. The summed E-state index contributed by atoms with van der Waals surface area (Å²) in [5.41, 5.74) is 4.90. The lowest BCUT2D eigenvalue weighted by Gasteiger charge is -2.13. The van der Waals surface area contributed by atoms with E-state index in [2.05, 4.69) is 42.2 Å². The summed E-state index contributed by atoms with van der Waals surface area (Å²) in [7, 11) is 0. The third-order valence-corrected chi connectivity index (χ3v) is 7.87. The highest BCUT2D eigenvalue weighted by molar-refractivity contribution is 9.10. The number of ether oxygens (including phenoxy) is 2. The van der Waals surface area contributed by atoms with Gasteiger partial charge >= 0.3 is 0 Å². The van der Waals surface area contributed by atoms with Crippen LogP contribution in [0.25, 0.3) is 6.08 Å². The molecule has 3 aromatic rings. The largest absolute Gasteiger partial charge is 0.490 e. The molecular formula is C27H24Br2N2O3S. The van der Waals surface area contributed by atoms with Crippen molar-refractivity contribution in [2.45, 2.75) is 27.4 Å². The van der Waals surface area contributed by atoms with Crippen LogP contribution in [0.2, 0.25) is 0 Å². The summed E-state index contributed by atoms with van der Waals surface area (Å²) in [6.45, 7) is 6.91. The first-order valence-corrected chi connectivity index (χ1v) is 13.4. The lowest BCUT2D eigenvalue weighted by molar-refractivity contribution is -0.115. The molecule has 35 heavy (non-hydrogen) atoms. The van der Waals surface area contributed by atoms with E-state index in [0.717, 1.165) is 36.9 Å². The summed E-state index contributed by atoms with van der Waals surface area (Å²) in [5.74, 6) is 1.12. The van der Waals surface area contributed by atoms with Crippen LogP contribution in [0.3, 0.4) is 0 Å². The van der Waals surface area contributed by atoms with Gasteiger partial charge in [-0.3, -0.25) is 4.79 Å². The molecule has 180 valence electrons. The number of nitrogens with zero attached hydrogens (tertiary/aromatic N) is 1. The summed E-state index contributed by atoms with van der Waals surface area (Å²) < 4.78 is 13.9. The molecule has 1 aliphatic heterocycles. The Morgan fingerprint density at radius 2 is 1.69 bits per heavy atom. The molecule has 0 saturated carbocycles. The van der Waals surface area contributed by atoms with Crippen molar-refractivity contribution in [2.75, 3.05) is 6.61 Å². The zero-order valence-electron chi connectivity index (χ0n) is 19.5. The zero-order valence-corrected chi connectivity index (χ0v) is 23.5. The molecule has 8 heteroatoms. The number of aryl methyl sites for hydroxylation is 2. The summed E-state index contributed by atoms with van der Waals surface area (Å²) in [6, 6.07) is 17.6. The van der Waals surface area contributed by atoms with E-state index in [9.17, 15) is 4.79 Å². The molecular weight excluding hydrogens is 592 g/mol. The fourth-order valence-electron chi connectivity index (χ4n) is 3.48. The normalized spacial score (nSPS) is 15.5. The van der Waals surface area contributed by atoms with Crippen LogP contribution in [0, 0.1) is 13.8 Å².